The Morgan fingerprint density at radius 1 is 1.43 bits per heavy atom. The van der Waals surface area contributed by atoms with Crippen molar-refractivity contribution in [3.63, 3.8) is 0 Å². The Bertz CT molecular complexity index is 609. The van der Waals surface area contributed by atoms with Crippen LogP contribution in [-0.4, -0.2) is 16.1 Å². The second kappa shape index (κ2) is 6.39. The van der Waals surface area contributed by atoms with Crippen LogP contribution in [-0.2, 0) is 30.6 Å². The highest BCUT2D eigenvalue weighted by molar-refractivity contribution is 7.14. The van der Waals surface area contributed by atoms with E-state index in [4.69, 9.17) is 9.26 Å². The fourth-order valence-electron chi connectivity index (χ4n) is 2.46. The predicted molar refractivity (Wildman–Crippen MR) is 78.4 cm³/mol. The molecule has 0 atom stereocenters. The van der Waals surface area contributed by atoms with Gasteiger partial charge in [0.2, 0.25) is 0 Å². The third-order valence-corrected chi connectivity index (χ3v) is 4.73. The number of hydrogen-bond donors (Lipinski definition) is 0. The zero-order valence-corrected chi connectivity index (χ0v) is 12.9. The number of carbonyl (C=O) groups is 1. The molecule has 0 saturated heterocycles. The van der Waals surface area contributed by atoms with Gasteiger partial charge in [-0.1, -0.05) is 12.1 Å². The number of nitrogens with zero attached hydrogens (tertiary/aromatic N) is 2. The summed E-state index contributed by atoms with van der Waals surface area (Å²) in [5.74, 6) is 0.716. The van der Waals surface area contributed by atoms with E-state index in [0.717, 1.165) is 25.7 Å². The molecule has 21 heavy (non-hydrogen) atoms. The Balaban J connectivity index is 1.59. The van der Waals surface area contributed by atoms with Gasteiger partial charge in [0.1, 0.15) is 4.88 Å². The third-order valence-electron chi connectivity index (χ3n) is 3.51. The molecular formula is C15H18N2O3S. The molecule has 0 saturated carbocycles. The van der Waals surface area contributed by atoms with E-state index in [1.165, 1.54) is 23.3 Å². The van der Waals surface area contributed by atoms with Crippen molar-refractivity contribution in [2.45, 2.75) is 52.1 Å². The summed E-state index contributed by atoms with van der Waals surface area (Å²) in [5.41, 5.74) is 1.31. The van der Waals surface area contributed by atoms with Crippen molar-refractivity contribution in [3.05, 3.63) is 33.1 Å². The maximum atomic E-state index is 12.1. The maximum absolute atomic E-state index is 12.1. The number of aromatic nitrogens is 2. The number of rotatable bonds is 5. The Hall–Kier alpha value is -1.69. The number of fused-ring (bicyclic) bond motifs is 1. The molecule has 5 nitrogen and oxygen atoms in total. The molecule has 0 unspecified atom stereocenters. The van der Waals surface area contributed by atoms with Gasteiger partial charge in [0.05, 0.1) is 0 Å². The van der Waals surface area contributed by atoms with Crippen LogP contribution in [0.1, 0.15) is 58.0 Å². The molecule has 0 aromatic carbocycles. The quantitative estimate of drug-likeness (QED) is 0.793. The van der Waals surface area contributed by atoms with E-state index in [9.17, 15) is 4.79 Å². The monoisotopic (exact) mass is 306 g/mol. The Morgan fingerprint density at radius 2 is 2.29 bits per heavy atom. The summed E-state index contributed by atoms with van der Waals surface area (Å²) < 4.78 is 10.3. The average molecular weight is 306 g/mol. The van der Waals surface area contributed by atoms with Crippen LogP contribution in [0.4, 0.5) is 0 Å². The highest BCUT2D eigenvalue weighted by Crippen LogP contribution is 2.30. The smallest absolute Gasteiger partial charge is 0.348 e. The highest BCUT2D eigenvalue weighted by Gasteiger charge is 2.19. The van der Waals surface area contributed by atoms with Crippen LogP contribution in [0.2, 0.25) is 0 Å². The van der Waals surface area contributed by atoms with Gasteiger partial charge < -0.3 is 9.26 Å². The van der Waals surface area contributed by atoms with Gasteiger partial charge in [0.25, 0.3) is 5.89 Å². The standard InChI is InChI=1S/C15H18N2O3S/c1-2-5-13-16-14(20-17-13)9-19-15(18)12-8-10-6-3-4-7-11(10)21-12/h8H,2-7,9H2,1H3. The normalized spacial score (nSPS) is 14.0. The molecule has 3 rings (SSSR count). The molecule has 6 heteroatoms. The first-order valence-electron chi connectivity index (χ1n) is 7.36. The summed E-state index contributed by atoms with van der Waals surface area (Å²) in [7, 11) is 0. The Morgan fingerprint density at radius 3 is 3.10 bits per heavy atom. The summed E-state index contributed by atoms with van der Waals surface area (Å²) in [6, 6.07) is 1.97. The van der Waals surface area contributed by atoms with E-state index < -0.39 is 0 Å². The van der Waals surface area contributed by atoms with Crippen LogP contribution >= 0.6 is 11.3 Å². The molecule has 0 aliphatic heterocycles. The van der Waals surface area contributed by atoms with Gasteiger partial charge in [-0.05, 0) is 43.7 Å². The number of carbonyl (C=O) groups excluding carboxylic acids is 1. The third kappa shape index (κ3) is 3.32. The average Bonchev–Trinajstić information content (AvgIpc) is 3.11. The summed E-state index contributed by atoms with van der Waals surface area (Å²) >= 11 is 1.55. The van der Waals surface area contributed by atoms with Crippen LogP contribution in [0.25, 0.3) is 0 Å². The van der Waals surface area contributed by atoms with Crippen molar-refractivity contribution in [2.75, 3.05) is 0 Å². The molecule has 2 aromatic rings. The number of esters is 1. The van der Waals surface area contributed by atoms with Gasteiger partial charge >= 0.3 is 5.97 Å². The minimum Gasteiger partial charge on any atom is -0.451 e. The fraction of sp³-hybridized carbons (Fsp3) is 0.533. The summed E-state index contributed by atoms with van der Waals surface area (Å²) in [6.07, 6.45) is 6.31. The molecule has 0 spiro atoms. The summed E-state index contributed by atoms with van der Waals surface area (Å²) in [4.78, 5) is 18.3. The fourth-order valence-corrected chi connectivity index (χ4v) is 3.61. The summed E-state index contributed by atoms with van der Waals surface area (Å²) in [6.45, 7) is 2.09. The lowest BCUT2D eigenvalue weighted by Crippen LogP contribution is -2.03. The Kier molecular flexibility index (Phi) is 4.34. The van der Waals surface area contributed by atoms with Crippen molar-refractivity contribution in [1.29, 1.82) is 0 Å². The number of thiophene rings is 1. The van der Waals surface area contributed by atoms with Crippen LogP contribution in [0.3, 0.4) is 0 Å². The lowest BCUT2D eigenvalue weighted by atomic mass is 9.99. The first-order valence-corrected chi connectivity index (χ1v) is 8.18. The molecule has 1 aliphatic carbocycles. The van der Waals surface area contributed by atoms with Gasteiger partial charge in [-0.15, -0.1) is 11.3 Å². The van der Waals surface area contributed by atoms with Gasteiger partial charge in [-0.3, -0.25) is 0 Å². The number of ether oxygens (including phenoxy) is 1. The highest BCUT2D eigenvalue weighted by atomic mass is 32.1. The molecule has 1 aliphatic rings. The summed E-state index contributed by atoms with van der Waals surface area (Å²) in [5, 5.41) is 3.83. The topological polar surface area (TPSA) is 65.2 Å². The maximum Gasteiger partial charge on any atom is 0.348 e. The van der Waals surface area contributed by atoms with E-state index in [1.807, 2.05) is 6.07 Å². The van der Waals surface area contributed by atoms with Gasteiger partial charge in [0.15, 0.2) is 12.4 Å². The molecule has 2 aromatic heterocycles. The van der Waals surface area contributed by atoms with Crippen molar-refractivity contribution in [1.82, 2.24) is 10.1 Å². The lowest BCUT2D eigenvalue weighted by Gasteiger charge is -2.08. The van der Waals surface area contributed by atoms with E-state index in [2.05, 4.69) is 17.1 Å². The second-order valence-electron chi connectivity index (χ2n) is 5.20. The molecular weight excluding hydrogens is 288 g/mol. The van der Waals surface area contributed by atoms with Crippen molar-refractivity contribution in [3.8, 4) is 0 Å². The SMILES string of the molecule is CCCc1noc(COC(=O)c2cc3c(s2)CCCC3)n1. The van der Waals surface area contributed by atoms with Gasteiger partial charge in [-0.2, -0.15) is 4.98 Å². The molecule has 0 amide bonds. The zero-order valence-electron chi connectivity index (χ0n) is 12.1. The van der Waals surface area contributed by atoms with Gasteiger partial charge in [-0.25, -0.2) is 4.79 Å². The lowest BCUT2D eigenvalue weighted by molar-refractivity contribution is 0.0435. The zero-order chi connectivity index (χ0) is 14.7. The van der Waals surface area contributed by atoms with E-state index >= 15 is 0 Å². The minimum atomic E-state index is -0.301. The molecule has 0 fully saturated rings. The molecule has 0 radical (unpaired) electrons. The van der Waals surface area contributed by atoms with Gasteiger partial charge in [0, 0.05) is 11.3 Å². The van der Waals surface area contributed by atoms with Crippen molar-refractivity contribution >= 4 is 17.3 Å². The molecule has 112 valence electrons. The number of hydrogen-bond acceptors (Lipinski definition) is 6. The van der Waals surface area contributed by atoms with E-state index in [-0.39, 0.29) is 12.6 Å². The van der Waals surface area contributed by atoms with Crippen molar-refractivity contribution in [2.24, 2.45) is 0 Å². The molecule has 0 bridgehead atoms. The van der Waals surface area contributed by atoms with Crippen LogP contribution in [0.15, 0.2) is 10.6 Å². The molecule has 2 heterocycles. The van der Waals surface area contributed by atoms with E-state index in [0.29, 0.717) is 16.6 Å². The first-order chi connectivity index (χ1) is 10.3. The van der Waals surface area contributed by atoms with Crippen LogP contribution in [0.5, 0.6) is 0 Å². The van der Waals surface area contributed by atoms with E-state index in [1.54, 1.807) is 11.3 Å². The number of aryl methyl sites for hydroxylation is 3. The minimum absolute atomic E-state index is 0.0398. The van der Waals surface area contributed by atoms with Crippen molar-refractivity contribution < 1.29 is 14.1 Å². The molecule has 0 N–H and O–H groups in total. The first kappa shape index (κ1) is 14.3. The second-order valence-corrected chi connectivity index (χ2v) is 6.33. The van der Waals surface area contributed by atoms with Crippen LogP contribution in [0, 0.1) is 0 Å². The Labute approximate surface area is 127 Å². The largest absolute Gasteiger partial charge is 0.451 e. The van der Waals surface area contributed by atoms with Crippen LogP contribution < -0.4 is 0 Å². The predicted octanol–water partition coefficient (Wildman–Crippen LogP) is 3.32.